The average Bonchev–Trinajstić information content (AvgIpc) is 2.67. The molecule has 0 unspecified atom stereocenters. The molecule has 0 spiro atoms. The van der Waals surface area contributed by atoms with Gasteiger partial charge in [-0.25, -0.2) is 0 Å². The highest BCUT2D eigenvalue weighted by atomic mass is 35.5. The summed E-state index contributed by atoms with van der Waals surface area (Å²) >= 11 is 0. The summed E-state index contributed by atoms with van der Waals surface area (Å²) in [5.41, 5.74) is 2.42. The van der Waals surface area contributed by atoms with Crippen molar-refractivity contribution in [1.82, 2.24) is 10.2 Å². The Morgan fingerprint density at radius 1 is 1.00 bits per heavy atom. The number of methoxy groups -OCH3 is 1. The number of piperazine rings is 1. The van der Waals surface area contributed by atoms with Gasteiger partial charge in [0.1, 0.15) is 6.61 Å². The number of nitrogens with zero attached hydrogens (tertiary/aromatic N) is 1. The maximum absolute atomic E-state index is 5.95. The topological polar surface area (TPSA) is 33.7 Å². The number of halogens is 2. The van der Waals surface area contributed by atoms with Gasteiger partial charge in [-0.2, -0.15) is 0 Å². The molecule has 1 atom stereocenters. The summed E-state index contributed by atoms with van der Waals surface area (Å²) in [6.45, 7) is 7.07. The summed E-state index contributed by atoms with van der Waals surface area (Å²) in [6.07, 6.45) is 0. The van der Waals surface area contributed by atoms with Crippen molar-refractivity contribution in [2.45, 2.75) is 19.6 Å². The fourth-order valence-electron chi connectivity index (χ4n) is 3.08. The molecule has 1 saturated heterocycles. The molecule has 0 aliphatic carbocycles. The van der Waals surface area contributed by atoms with Crippen LogP contribution in [0.3, 0.4) is 0 Å². The van der Waals surface area contributed by atoms with Gasteiger partial charge in [0.05, 0.1) is 7.11 Å². The number of benzene rings is 2. The van der Waals surface area contributed by atoms with E-state index in [0.29, 0.717) is 12.6 Å². The molecular formula is C20H28Cl2N2O2. The second kappa shape index (κ2) is 11.3. The van der Waals surface area contributed by atoms with Crippen molar-refractivity contribution in [3.63, 3.8) is 0 Å². The first-order valence-electron chi connectivity index (χ1n) is 8.57. The first-order chi connectivity index (χ1) is 11.8. The summed E-state index contributed by atoms with van der Waals surface area (Å²) in [7, 11) is 1.70. The third-order valence-electron chi connectivity index (χ3n) is 4.61. The maximum atomic E-state index is 5.95. The fourth-order valence-corrected chi connectivity index (χ4v) is 3.08. The molecule has 0 amide bonds. The highest BCUT2D eigenvalue weighted by molar-refractivity contribution is 5.85. The van der Waals surface area contributed by atoms with Gasteiger partial charge in [-0.3, -0.25) is 4.90 Å². The van der Waals surface area contributed by atoms with E-state index >= 15 is 0 Å². The lowest BCUT2D eigenvalue weighted by molar-refractivity contribution is 0.185. The normalized spacial score (nSPS) is 15.3. The number of ether oxygens (including phenoxy) is 2. The minimum absolute atomic E-state index is 0. The number of nitrogens with one attached hydrogen (secondary N) is 1. The monoisotopic (exact) mass is 398 g/mol. The van der Waals surface area contributed by atoms with Crippen LogP contribution in [-0.4, -0.2) is 38.2 Å². The SMILES string of the molecule is COc1cc([C@@H](C)N2CCNCC2)ccc1OCc1ccccc1.Cl.Cl. The van der Waals surface area contributed by atoms with Crippen molar-refractivity contribution in [1.29, 1.82) is 0 Å². The number of hydrogen-bond acceptors (Lipinski definition) is 4. The molecule has 144 valence electrons. The smallest absolute Gasteiger partial charge is 0.161 e. The van der Waals surface area contributed by atoms with Gasteiger partial charge in [0.15, 0.2) is 11.5 Å². The minimum Gasteiger partial charge on any atom is -0.493 e. The van der Waals surface area contributed by atoms with E-state index in [2.05, 4.69) is 41.4 Å². The average molecular weight is 399 g/mol. The Hall–Kier alpha value is -1.46. The van der Waals surface area contributed by atoms with Crippen LogP contribution in [-0.2, 0) is 6.61 Å². The zero-order chi connectivity index (χ0) is 16.8. The molecule has 0 radical (unpaired) electrons. The van der Waals surface area contributed by atoms with E-state index < -0.39 is 0 Å². The second-order valence-corrected chi connectivity index (χ2v) is 6.15. The molecule has 1 fully saturated rings. The van der Waals surface area contributed by atoms with Crippen LogP contribution in [0.25, 0.3) is 0 Å². The third kappa shape index (κ3) is 5.78. The molecule has 0 bridgehead atoms. The number of rotatable bonds is 6. The van der Waals surface area contributed by atoms with Crippen LogP contribution in [0.4, 0.5) is 0 Å². The first-order valence-corrected chi connectivity index (χ1v) is 8.57. The Labute approximate surface area is 168 Å². The standard InChI is InChI=1S/C20H26N2O2.2ClH/c1-16(22-12-10-21-11-13-22)18-8-9-19(20(14-18)23-2)24-15-17-6-4-3-5-7-17;;/h3-9,14,16,21H,10-13,15H2,1-2H3;2*1H/t16-;;/m1../s1. The van der Waals surface area contributed by atoms with Crippen LogP contribution in [0.15, 0.2) is 48.5 Å². The van der Waals surface area contributed by atoms with Crippen LogP contribution < -0.4 is 14.8 Å². The quantitative estimate of drug-likeness (QED) is 0.794. The lowest BCUT2D eigenvalue weighted by atomic mass is 10.1. The summed E-state index contributed by atoms with van der Waals surface area (Å²) in [5.74, 6) is 1.59. The second-order valence-electron chi connectivity index (χ2n) is 6.15. The highest BCUT2D eigenvalue weighted by Gasteiger charge is 2.19. The Morgan fingerprint density at radius 3 is 2.35 bits per heavy atom. The van der Waals surface area contributed by atoms with Gasteiger partial charge < -0.3 is 14.8 Å². The van der Waals surface area contributed by atoms with E-state index in [1.165, 1.54) is 5.56 Å². The summed E-state index contributed by atoms with van der Waals surface area (Å²) in [6, 6.07) is 16.8. The van der Waals surface area contributed by atoms with Crippen LogP contribution in [0, 0.1) is 0 Å². The van der Waals surface area contributed by atoms with E-state index in [1.54, 1.807) is 7.11 Å². The molecule has 0 aromatic heterocycles. The predicted octanol–water partition coefficient (Wildman–Crippen LogP) is 4.08. The molecule has 1 N–H and O–H groups in total. The van der Waals surface area contributed by atoms with Crippen molar-refractivity contribution < 1.29 is 9.47 Å². The minimum atomic E-state index is 0. The summed E-state index contributed by atoms with van der Waals surface area (Å²) in [5, 5.41) is 3.40. The molecule has 26 heavy (non-hydrogen) atoms. The first kappa shape index (κ1) is 22.6. The predicted molar refractivity (Wildman–Crippen MR) is 111 cm³/mol. The largest absolute Gasteiger partial charge is 0.493 e. The zero-order valence-electron chi connectivity index (χ0n) is 15.3. The highest BCUT2D eigenvalue weighted by Crippen LogP contribution is 2.32. The van der Waals surface area contributed by atoms with Gasteiger partial charge >= 0.3 is 0 Å². The van der Waals surface area contributed by atoms with Crippen LogP contribution in [0.1, 0.15) is 24.1 Å². The van der Waals surface area contributed by atoms with E-state index in [1.807, 2.05) is 24.3 Å². The Morgan fingerprint density at radius 2 is 1.69 bits per heavy atom. The van der Waals surface area contributed by atoms with Gasteiger partial charge in [-0.15, -0.1) is 24.8 Å². The van der Waals surface area contributed by atoms with Crippen LogP contribution in [0.5, 0.6) is 11.5 Å². The van der Waals surface area contributed by atoms with Gasteiger partial charge in [0, 0.05) is 32.2 Å². The molecule has 1 aliphatic heterocycles. The number of hydrogen-bond donors (Lipinski definition) is 1. The summed E-state index contributed by atoms with van der Waals surface area (Å²) < 4.78 is 11.5. The third-order valence-corrected chi connectivity index (χ3v) is 4.61. The van der Waals surface area contributed by atoms with E-state index in [-0.39, 0.29) is 24.8 Å². The van der Waals surface area contributed by atoms with E-state index in [4.69, 9.17) is 9.47 Å². The molecule has 1 aliphatic rings. The summed E-state index contributed by atoms with van der Waals surface area (Å²) in [4.78, 5) is 2.50. The lowest BCUT2D eigenvalue weighted by Crippen LogP contribution is -2.44. The molecule has 4 nitrogen and oxygen atoms in total. The van der Waals surface area contributed by atoms with Crippen molar-refractivity contribution in [3.05, 3.63) is 59.7 Å². The molecule has 6 heteroatoms. The van der Waals surface area contributed by atoms with Crippen molar-refractivity contribution in [3.8, 4) is 11.5 Å². The maximum Gasteiger partial charge on any atom is 0.161 e. The fraction of sp³-hybridized carbons (Fsp3) is 0.400. The lowest BCUT2D eigenvalue weighted by Gasteiger charge is -2.33. The van der Waals surface area contributed by atoms with Crippen LogP contribution >= 0.6 is 24.8 Å². The molecule has 2 aromatic carbocycles. The van der Waals surface area contributed by atoms with Crippen molar-refractivity contribution >= 4 is 24.8 Å². The molecular weight excluding hydrogens is 371 g/mol. The molecule has 3 rings (SSSR count). The molecule has 1 heterocycles. The van der Waals surface area contributed by atoms with E-state index in [0.717, 1.165) is 43.2 Å². The van der Waals surface area contributed by atoms with Crippen LogP contribution in [0.2, 0.25) is 0 Å². The Kier molecular flexibility index (Phi) is 9.81. The Balaban J connectivity index is 0.00000169. The van der Waals surface area contributed by atoms with E-state index in [9.17, 15) is 0 Å². The zero-order valence-corrected chi connectivity index (χ0v) is 16.9. The molecule has 0 saturated carbocycles. The van der Waals surface area contributed by atoms with Gasteiger partial charge in [-0.1, -0.05) is 36.4 Å². The Bertz CT molecular complexity index is 650. The van der Waals surface area contributed by atoms with Crippen molar-refractivity contribution in [2.75, 3.05) is 33.3 Å². The van der Waals surface area contributed by atoms with Crippen molar-refractivity contribution in [2.24, 2.45) is 0 Å². The molecule has 2 aromatic rings. The van der Waals surface area contributed by atoms with Gasteiger partial charge in [0.2, 0.25) is 0 Å². The van der Waals surface area contributed by atoms with Gasteiger partial charge in [-0.05, 0) is 30.2 Å². The van der Waals surface area contributed by atoms with Gasteiger partial charge in [0.25, 0.3) is 0 Å².